The highest BCUT2D eigenvalue weighted by Gasteiger charge is 2.30. The van der Waals surface area contributed by atoms with Crippen molar-refractivity contribution in [1.82, 2.24) is 5.32 Å². The van der Waals surface area contributed by atoms with Crippen LogP contribution < -0.4 is 14.8 Å². The normalized spacial score (nSPS) is 20.1. The Morgan fingerprint density at radius 2 is 1.95 bits per heavy atom. The summed E-state index contributed by atoms with van der Waals surface area (Å²) in [7, 11) is 0. The summed E-state index contributed by atoms with van der Waals surface area (Å²) in [5.74, 6) is 1.34. The third-order valence-electron chi connectivity index (χ3n) is 3.97. The minimum Gasteiger partial charge on any atom is -0.486 e. The molecule has 1 aromatic carbocycles. The number of aliphatic hydroxyl groups is 1. The molecule has 2 aliphatic rings. The quantitative estimate of drug-likeness (QED) is 0.896. The Balaban J connectivity index is 1.61. The molecule has 1 heterocycles. The van der Waals surface area contributed by atoms with E-state index in [2.05, 4.69) is 5.32 Å². The zero-order valence-electron chi connectivity index (χ0n) is 11.5. The van der Waals surface area contributed by atoms with Crippen LogP contribution in [0, 0.1) is 0 Å². The Kier molecular flexibility index (Phi) is 4.06. The van der Waals surface area contributed by atoms with Gasteiger partial charge in [0.05, 0.1) is 10.6 Å². The smallest absolute Gasteiger partial charge is 0.179 e. The summed E-state index contributed by atoms with van der Waals surface area (Å²) in [5.41, 5.74) is 0.512. The van der Waals surface area contributed by atoms with E-state index >= 15 is 0 Å². The Morgan fingerprint density at radius 1 is 1.20 bits per heavy atom. The molecule has 20 heavy (non-hydrogen) atoms. The molecule has 0 spiro atoms. The first-order valence-corrected chi connectivity index (χ1v) is 7.55. The maximum atomic E-state index is 10.3. The third-order valence-corrected chi connectivity index (χ3v) is 4.25. The van der Waals surface area contributed by atoms with Crippen molar-refractivity contribution in [2.45, 2.75) is 37.8 Å². The summed E-state index contributed by atoms with van der Waals surface area (Å²) in [6.45, 7) is 2.38. The van der Waals surface area contributed by atoms with Crippen molar-refractivity contribution in [3.63, 3.8) is 0 Å². The van der Waals surface area contributed by atoms with Crippen LogP contribution in [0.4, 0.5) is 0 Å². The van der Waals surface area contributed by atoms with E-state index in [4.69, 9.17) is 21.1 Å². The first-order chi connectivity index (χ1) is 9.66. The molecule has 0 aromatic heterocycles. The van der Waals surface area contributed by atoms with Crippen molar-refractivity contribution < 1.29 is 14.6 Å². The monoisotopic (exact) mass is 297 g/mol. The van der Waals surface area contributed by atoms with E-state index in [-0.39, 0.29) is 0 Å². The molecule has 0 saturated heterocycles. The molecule has 0 atom stereocenters. The number of hydrogen-bond acceptors (Lipinski definition) is 4. The lowest BCUT2D eigenvalue weighted by Gasteiger charge is -2.23. The molecule has 1 saturated carbocycles. The lowest BCUT2D eigenvalue weighted by Crippen LogP contribution is -2.37. The Labute approximate surface area is 124 Å². The first kappa shape index (κ1) is 14.0. The zero-order valence-corrected chi connectivity index (χ0v) is 12.2. The highest BCUT2D eigenvalue weighted by Crippen LogP contribution is 2.38. The molecule has 5 heteroatoms. The van der Waals surface area contributed by atoms with E-state index < -0.39 is 5.60 Å². The van der Waals surface area contributed by atoms with Gasteiger partial charge in [-0.25, -0.2) is 0 Å². The number of fused-ring (bicyclic) bond motifs is 1. The maximum absolute atomic E-state index is 10.3. The number of rotatable bonds is 4. The molecule has 2 N–H and O–H groups in total. The lowest BCUT2D eigenvalue weighted by molar-refractivity contribution is 0.0475. The van der Waals surface area contributed by atoms with E-state index in [1.165, 1.54) is 0 Å². The van der Waals surface area contributed by atoms with Crippen LogP contribution in [0.2, 0.25) is 5.02 Å². The second-order valence-electron chi connectivity index (χ2n) is 5.64. The average molecular weight is 298 g/mol. The van der Waals surface area contributed by atoms with Gasteiger partial charge in [-0.15, -0.1) is 0 Å². The molecule has 0 unspecified atom stereocenters. The second kappa shape index (κ2) is 5.80. The van der Waals surface area contributed by atoms with Crippen LogP contribution in [-0.2, 0) is 6.54 Å². The second-order valence-corrected chi connectivity index (χ2v) is 6.04. The number of benzene rings is 1. The SMILES string of the molecule is OC1(CNCc2cc(Cl)c3c(c2)OCCO3)CCCC1. The summed E-state index contributed by atoms with van der Waals surface area (Å²) in [4.78, 5) is 0. The average Bonchev–Trinajstić information content (AvgIpc) is 2.86. The molecule has 0 radical (unpaired) electrons. The van der Waals surface area contributed by atoms with Crippen molar-refractivity contribution in [2.75, 3.05) is 19.8 Å². The number of hydrogen-bond donors (Lipinski definition) is 2. The van der Waals surface area contributed by atoms with Crippen molar-refractivity contribution in [3.05, 3.63) is 22.7 Å². The van der Waals surface area contributed by atoms with Crippen molar-refractivity contribution in [3.8, 4) is 11.5 Å². The van der Waals surface area contributed by atoms with Crippen LogP contribution in [0.15, 0.2) is 12.1 Å². The van der Waals surface area contributed by atoms with Gasteiger partial charge in [-0.2, -0.15) is 0 Å². The fraction of sp³-hybridized carbons (Fsp3) is 0.600. The molecular formula is C15H20ClNO3. The molecule has 110 valence electrons. The summed E-state index contributed by atoms with van der Waals surface area (Å²) in [6.07, 6.45) is 4.02. The van der Waals surface area contributed by atoms with E-state index in [1.54, 1.807) is 0 Å². The molecule has 4 nitrogen and oxygen atoms in total. The number of nitrogens with one attached hydrogen (secondary N) is 1. The fourth-order valence-electron chi connectivity index (χ4n) is 2.92. The molecule has 1 aliphatic carbocycles. The van der Waals surface area contributed by atoms with Gasteiger partial charge in [-0.05, 0) is 30.5 Å². The molecule has 1 aliphatic heterocycles. The van der Waals surface area contributed by atoms with E-state index in [9.17, 15) is 5.11 Å². The van der Waals surface area contributed by atoms with Gasteiger partial charge in [0.2, 0.25) is 0 Å². The Morgan fingerprint density at radius 3 is 2.75 bits per heavy atom. The minimum atomic E-state index is -0.530. The third kappa shape index (κ3) is 3.03. The largest absolute Gasteiger partial charge is 0.486 e. The van der Waals surface area contributed by atoms with Crippen LogP contribution in [0.5, 0.6) is 11.5 Å². The van der Waals surface area contributed by atoms with Crippen molar-refractivity contribution >= 4 is 11.6 Å². The van der Waals surface area contributed by atoms with Crippen LogP contribution in [0.1, 0.15) is 31.2 Å². The number of ether oxygens (including phenoxy) is 2. The van der Waals surface area contributed by atoms with Crippen LogP contribution in [-0.4, -0.2) is 30.5 Å². The fourth-order valence-corrected chi connectivity index (χ4v) is 3.20. The summed E-state index contributed by atoms with van der Waals surface area (Å²) >= 11 is 6.20. The predicted molar refractivity (Wildman–Crippen MR) is 77.6 cm³/mol. The molecule has 3 rings (SSSR count). The van der Waals surface area contributed by atoms with Gasteiger partial charge >= 0.3 is 0 Å². The van der Waals surface area contributed by atoms with Gasteiger partial charge in [0.25, 0.3) is 0 Å². The summed E-state index contributed by atoms with van der Waals surface area (Å²) in [6, 6.07) is 3.84. The highest BCUT2D eigenvalue weighted by molar-refractivity contribution is 6.32. The summed E-state index contributed by atoms with van der Waals surface area (Å²) < 4.78 is 11.1. The molecule has 1 fully saturated rings. The van der Waals surface area contributed by atoms with Crippen LogP contribution in [0.3, 0.4) is 0 Å². The molecular weight excluding hydrogens is 278 g/mol. The molecule has 0 bridgehead atoms. The lowest BCUT2D eigenvalue weighted by atomic mass is 10.0. The topological polar surface area (TPSA) is 50.7 Å². The van der Waals surface area contributed by atoms with Gasteiger partial charge in [-0.3, -0.25) is 0 Å². The zero-order chi connectivity index (χ0) is 14.0. The van der Waals surface area contributed by atoms with E-state index in [0.29, 0.717) is 42.8 Å². The highest BCUT2D eigenvalue weighted by atomic mass is 35.5. The van der Waals surface area contributed by atoms with Gasteiger partial charge in [0.15, 0.2) is 11.5 Å². The maximum Gasteiger partial charge on any atom is 0.179 e. The first-order valence-electron chi connectivity index (χ1n) is 7.17. The van der Waals surface area contributed by atoms with Gasteiger partial charge in [-0.1, -0.05) is 24.4 Å². The van der Waals surface area contributed by atoms with Crippen molar-refractivity contribution in [2.24, 2.45) is 0 Å². The van der Waals surface area contributed by atoms with Crippen molar-refractivity contribution in [1.29, 1.82) is 0 Å². The predicted octanol–water partition coefficient (Wildman–Crippen LogP) is 2.51. The minimum absolute atomic E-state index is 0.530. The van der Waals surface area contributed by atoms with E-state index in [0.717, 1.165) is 31.2 Å². The molecule has 0 amide bonds. The number of halogens is 1. The van der Waals surface area contributed by atoms with Crippen LogP contribution >= 0.6 is 11.6 Å². The Bertz CT molecular complexity index is 486. The molecule has 1 aromatic rings. The van der Waals surface area contributed by atoms with E-state index in [1.807, 2.05) is 12.1 Å². The van der Waals surface area contributed by atoms with Gasteiger partial charge in [0, 0.05) is 13.1 Å². The summed E-state index contributed by atoms with van der Waals surface area (Å²) in [5, 5.41) is 14.2. The Hall–Kier alpha value is -0.970. The standard InChI is InChI=1S/C15H20ClNO3/c16-12-7-11(8-13-14(12)20-6-5-19-13)9-17-10-15(18)3-1-2-4-15/h7-8,17-18H,1-6,9-10H2. The van der Waals surface area contributed by atoms with Gasteiger partial charge in [0.1, 0.15) is 13.2 Å². The van der Waals surface area contributed by atoms with Crippen LogP contribution in [0.25, 0.3) is 0 Å². The van der Waals surface area contributed by atoms with Gasteiger partial charge < -0.3 is 19.9 Å².